The molecule has 0 bridgehead atoms. The minimum atomic E-state index is -4.35. The van der Waals surface area contributed by atoms with E-state index in [1.165, 1.54) is 6.07 Å². The van der Waals surface area contributed by atoms with Gasteiger partial charge >= 0.3 is 6.18 Å². The zero-order valence-electron chi connectivity index (χ0n) is 7.90. The maximum atomic E-state index is 11.8. The Labute approximate surface area is 75.6 Å². The second-order valence-electron chi connectivity index (χ2n) is 2.12. The lowest BCUT2D eigenvalue weighted by Gasteiger charge is -1.99. The van der Waals surface area contributed by atoms with Crippen molar-refractivity contribution in [1.29, 1.82) is 0 Å². The summed E-state index contributed by atoms with van der Waals surface area (Å²) in [7, 11) is 0. The highest BCUT2D eigenvalue weighted by Gasteiger charge is 2.34. The molecule has 1 aromatic heterocycles. The van der Waals surface area contributed by atoms with Crippen molar-refractivity contribution in [3.05, 3.63) is 23.7 Å². The van der Waals surface area contributed by atoms with Gasteiger partial charge in [-0.25, -0.2) is 0 Å². The number of rotatable bonds is 1. The highest BCUT2D eigenvalue weighted by atomic mass is 19.4. The van der Waals surface area contributed by atoms with E-state index >= 15 is 0 Å². The molecule has 0 saturated carbocycles. The van der Waals surface area contributed by atoms with Crippen molar-refractivity contribution in [1.82, 2.24) is 0 Å². The zero-order chi connectivity index (χ0) is 10.5. The molecular formula is C9H13F3O. The second-order valence-corrected chi connectivity index (χ2v) is 2.12. The Morgan fingerprint density at radius 2 is 1.77 bits per heavy atom. The summed E-state index contributed by atoms with van der Waals surface area (Å²) in [6, 6.07) is 2.28. The van der Waals surface area contributed by atoms with E-state index in [2.05, 4.69) is 4.42 Å². The van der Waals surface area contributed by atoms with Gasteiger partial charge in [0.15, 0.2) is 0 Å². The molecule has 0 aliphatic carbocycles. The van der Waals surface area contributed by atoms with Gasteiger partial charge in [-0.05, 0) is 12.1 Å². The molecule has 0 fully saturated rings. The van der Waals surface area contributed by atoms with Gasteiger partial charge < -0.3 is 4.42 Å². The molecule has 76 valence electrons. The van der Waals surface area contributed by atoms with Crippen LogP contribution in [0.1, 0.15) is 32.3 Å². The molecule has 0 aliphatic heterocycles. The summed E-state index contributed by atoms with van der Waals surface area (Å²) in [5.74, 6) is -0.563. The lowest BCUT2D eigenvalue weighted by atomic mass is 10.3. The van der Waals surface area contributed by atoms with Gasteiger partial charge in [-0.3, -0.25) is 0 Å². The monoisotopic (exact) mass is 194 g/mol. The van der Waals surface area contributed by atoms with Gasteiger partial charge in [0.05, 0.1) is 0 Å². The predicted octanol–water partition coefficient (Wildman–Crippen LogP) is 3.89. The van der Waals surface area contributed by atoms with Crippen molar-refractivity contribution in [2.75, 3.05) is 0 Å². The Balaban J connectivity index is 0.000000671. The maximum absolute atomic E-state index is 11.8. The molecular weight excluding hydrogens is 181 g/mol. The molecule has 0 unspecified atom stereocenters. The van der Waals surface area contributed by atoms with E-state index in [0.29, 0.717) is 12.2 Å². The van der Waals surface area contributed by atoms with Crippen LogP contribution in [0.4, 0.5) is 13.2 Å². The zero-order valence-corrected chi connectivity index (χ0v) is 7.90. The molecule has 4 heteroatoms. The van der Waals surface area contributed by atoms with Crippen LogP contribution in [-0.4, -0.2) is 0 Å². The Bertz CT molecular complexity index is 237. The van der Waals surface area contributed by atoms with Crippen LogP contribution in [0, 0.1) is 0 Å². The SMILES string of the molecule is CC.CCc1ccc(C(F)(F)F)o1. The maximum Gasteiger partial charge on any atom is 0.449 e. The number of hydrogen-bond acceptors (Lipinski definition) is 1. The molecule has 1 aromatic rings. The van der Waals surface area contributed by atoms with Gasteiger partial charge in [0.2, 0.25) is 5.76 Å². The molecule has 0 atom stereocenters. The van der Waals surface area contributed by atoms with Crippen LogP contribution in [0.15, 0.2) is 16.5 Å². The fourth-order valence-electron chi connectivity index (χ4n) is 0.720. The summed E-state index contributed by atoms with van der Waals surface area (Å²) < 4.78 is 40.0. The van der Waals surface area contributed by atoms with Crippen LogP contribution in [-0.2, 0) is 12.6 Å². The summed E-state index contributed by atoms with van der Waals surface area (Å²) in [5.41, 5.74) is 0. The Kier molecular flexibility index (Phi) is 4.59. The van der Waals surface area contributed by atoms with Gasteiger partial charge in [-0.2, -0.15) is 13.2 Å². The standard InChI is InChI=1S/C7H7F3O.C2H6/c1-2-5-3-4-6(11-5)7(8,9)10;1-2/h3-4H,2H2,1H3;1-2H3. The van der Waals surface area contributed by atoms with Crippen LogP contribution in [0.2, 0.25) is 0 Å². The average molecular weight is 194 g/mol. The van der Waals surface area contributed by atoms with Crippen LogP contribution >= 0.6 is 0 Å². The van der Waals surface area contributed by atoms with E-state index < -0.39 is 11.9 Å². The quantitative estimate of drug-likeness (QED) is 0.661. The first-order valence-corrected chi connectivity index (χ1v) is 4.20. The molecule has 1 rings (SSSR count). The Hall–Kier alpha value is -0.930. The van der Waals surface area contributed by atoms with Crippen molar-refractivity contribution in [2.45, 2.75) is 33.4 Å². The number of halogens is 3. The highest BCUT2D eigenvalue weighted by Crippen LogP contribution is 2.30. The average Bonchev–Trinajstić information content (AvgIpc) is 2.54. The van der Waals surface area contributed by atoms with Gasteiger partial charge in [0, 0.05) is 6.42 Å². The fraction of sp³-hybridized carbons (Fsp3) is 0.556. The number of hydrogen-bond donors (Lipinski definition) is 0. The molecule has 0 aromatic carbocycles. The van der Waals surface area contributed by atoms with Crippen molar-refractivity contribution in [3.8, 4) is 0 Å². The van der Waals surface area contributed by atoms with E-state index in [-0.39, 0.29) is 0 Å². The predicted molar refractivity (Wildman–Crippen MR) is 44.4 cm³/mol. The van der Waals surface area contributed by atoms with Crippen LogP contribution < -0.4 is 0 Å². The van der Waals surface area contributed by atoms with Gasteiger partial charge in [0.25, 0.3) is 0 Å². The van der Waals surface area contributed by atoms with Crippen LogP contribution in [0.25, 0.3) is 0 Å². The van der Waals surface area contributed by atoms with E-state index in [1.54, 1.807) is 6.92 Å². The Morgan fingerprint density at radius 1 is 1.23 bits per heavy atom. The Morgan fingerprint density at radius 3 is 2.00 bits per heavy atom. The van der Waals surface area contributed by atoms with E-state index in [1.807, 2.05) is 13.8 Å². The van der Waals surface area contributed by atoms with Crippen molar-refractivity contribution < 1.29 is 17.6 Å². The van der Waals surface area contributed by atoms with Gasteiger partial charge in [-0.15, -0.1) is 0 Å². The van der Waals surface area contributed by atoms with E-state index in [0.717, 1.165) is 6.07 Å². The van der Waals surface area contributed by atoms with Crippen molar-refractivity contribution in [2.24, 2.45) is 0 Å². The van der Waals surface area contributed by atoms with Crippen molar-refractivity contribution >= 4 is 0 Å². The summed E-state index contributed by atoms with van der Waals surface area (Å²) in [5, 5.41) is 0. The van der Waals surface area contributed by atoms with Crippen LogP contribution in [0.5, 0.6) is 0 Å². The molecule has 1 nitrogen and oxygen atoms in total. The number of aryl methyl sites for hydroxylation is 1. The van der Waals surface area contributed by atoms with Gasteiger partial charge in [-0.1, -0.05) is 20.8 Å². The first-order valence-electron chi connectivity index (χ1n) is 4.20. The van der Waals surface area contributed by atoms with Crippen LogP contribution in [0.3, 0.4) is 0 Å². The third-order valence-electron chi connectivity index (χ3n) is 1.29. The minimum Gasteiger partial charge on any atom is -0.457 e. The topological polar surface area (TPSA) is 13.1 Å². The third kappa shape index (κ3) is 3.53. The fourth-order valence-corrected chi connectivity index (χ4v) is 0.720. The first kappa shape index (κ1) is 12.1. The molecule has 1 heterocycles. The molecule has 0 N–H and O–H groups in total. The van der Waals surface area contributed by atoms with E-state index in [9.17, 15) is 13.2 Å². The van der Waals surface area contributed by atoms with Crippen molar-refractivity contribution in [3.63, 3.8) is 0 Å². The highest BCUT2D eigenvalue weighted by molar-refractivity contribution is 5.09. The molecule has 0 aliphatic rings. The molecule has 0 amide bonds. The lowest BCUT2D eigenvalue weighted by molar-refractivity contribution is -0.153. The largest absolute Gasteiger partial charge is 0.457 e. The lowest BCUT2D eigenvalue weighted by Crippen LogP contribution is -2.02. The molecule has 0 radical (unpaired) electrons. The second kappa shape index (κ2) is 4.94. The minimum absolute atomic E-state index is 0.359. The third-order valence-corrected chi connectivity index (χ3v) is 1.29. The summed E-state index contributed by atoms with van der Waals surface area (Å²) in [6.07, 6.45) is -3.87. The molecule has 13 heavy (non-hydrogen) atoms. The van der Waals surface area contributed by atoms with E-state index in [4.69, 9.17) is 0 Å². The molecule has 0 saturated heterocycles. The number of alkyl halides is 3. The summed E-state index contributed by atoms with van der Waals surface area (Å²) >= 11 is 0. The summed E-state index contributed by atoms with van der Waals surface area (Å²) in [6.45, 7) is 5.74. The smallest absolute Gasteiger partial charge is 0.449 e. The number of furan rings is 1. The first-order chi connectivity index (χ1) is 6.04. The molecule has 0 spiro atoms. The normalized spacial score (nSPS) is 10.6. The summed E-state index contributed by atoms with van der Waals surface area (Å²) in [4.78, 5) is 0. The van der Waals surface area contributed by atoms with Gasteiger partial charge in [0.1, 0.15) is 5.76 Å².